The predicted octanol–water partition coefficient (Wildman–Crippen LogP) is 4.81. The van der Waals surface area contributed by atoms with Gasteiger partial charge in [-0.15, -0.1) is 0 Å². The Morgan fingerprint density at radius 2 is 2.00 bits per heavy atom. The summed E-state index contributed by atoms with van der Waals surface area (Å²) in [6.45, 7) is 6.49. The van der Waals surface area contributed by atoms with Crippen molar-refractivity contribution in [1.29, 1.82) is 0 Å². The van der Waals surface area contributed by atoms with Gasteiger partial charge in [-0.2, -0.15) is 0 Å². The Morgan fingerprint density at radius 3 is 2.68 bits per heavy atom. The molecule has 0 radical (unpaired) electrons. The van der Waals surface area contributed by atoms with Crippen LogP contribution in [0.15, 0.2) is 28.2 Å². The third-order valence-corrected chi connectivity index (χ3v) is 6.59. The van der Waals surface area contributed by atoms with E-state index in [2.05, 4.69) is 10.3 Å². The predicted molar refractivity (Wildman–Crippen MR) is 116 cm³/mol. The van der Waals surface area contributed by atoms with Crippen LogP contribution in [0.4, 0.5) is 0 Å². The van der Waals surface area contributed by atoms with E-state index in [1.54, 1.807) is 22.8 Å². The summed E-state index contributed by atoms with van der Waals surface area (Å²) in [5.74, 6) is 0.580. The SMILES string of the molecule is CC(Sc1nc2cc(Cl)ccc2c(=O)n1C(C)C)C(=O)NCC1CCCCC1. The van der Waals surface area contributed by atoms with Crippen LogP contribution in [0.2, 0.25) is 5.02 Å². The van der Waals surface area contributed by atoms with Gasteiger partial charge in [-0.3, -0.25) is 14.2 Å². The molecule has 28 heavy (non-hydrogen) atoms. The van der Waals surface area contributed by atoms with E-state index in [9.17, 15) is 9.59 Å². The van der Waals surface area contributed by atoms with E-state index >= 15 is 0 Å². The van der Waals surface area contributed by atoms with Gasteiger partial charge in [-0.1, -0.05) is 42.6 Å². The summed E-state index contributed by atoms with van der Waals surface area (Å²) >= 11 is 7.40. The average Bonchev–Trinajstić information content (AvgIpc) is 2.66. The van der Waals surface area contributed by atoms with Crippen LogP contribution in [0, 0.1) is 5.92 Å². The minimum atomic E-state index is -0.336. The lowest BCUT2D eigenvalue weighted by atomic mass is 9.89. The molecule has 1 aromatic heterocycles. The number of amides is 1. The number of aromatic nitrogens is 2. The molecule has 5 nitrogen and oxygen atoms in total. The number of thioether (sulfide) groups is 1. The van der Waals surface area contributed by atoms with Crippen molar-refractivity contribution in [3.63, 3.8) is 0 Å². The summed E-state index contributed by atoms with van der Waals surface area (Å²) in [5, 5.41) is 4.38. The lowest BCUT2D eigenvalue weighted by Crippen LogP contribution is -2.36. The monoisotopic (exact) mass is 421 g/mol. The number of nitrogens with zero attached hydrogens (tertiary/aromatic N) is 2. The van der Waals surface area contributed by atoms with Gasteiger partial charge >= 0.3 is 0 Å². The van der Waals surface area contributed by atoms with Crippen molar-refractivity contribution < 1.29 is 4.79 Å². The maximum absolute atomic E-state index is 13.0. The van der Waals surface area contributed by atoms with Crippen molar-refractivity contribution >= 4 is 40.2 Å². The Bertz CT molecular complexity index is 906. The first-order valence-electron chi connectivity index (χ1n) is 10.0. The van der Waals surface area contributed by atoms with Gasteiger partial charge in [0.05, 0.1) is 16.2 Å². The van der Waals surface area contributed by atoms with E-state index < -0.39 is 0 Å². The van der Waals surface area contributed by atoms with Gasteiger partial charge in [-0.05, 0) is 57.7 Å². The average molecular weight is 422 g/mol. The number of hydrogen-bond acceptors (Lipinski definition) is 4. The Kier molecular flexibility index (Phi) is 7.05. The van der Waals surface area contributed by atoms with E-state index in [0.717, 1.165) is 6.54 Å². The number of hydrogen-bond donors (Lipinski definition) is 1. The standard InChI is InChI=1S/C21H28ClN3O2S/c1-13(2)25-20(27)17-10-9-16(22)11-18(17)24-21(25)28-14(3)19(26)23-12-15-7-5-4-6-8-15/h9-11,13-15H,4-8,12H2,1-3H3,(H,23,26). The normalized spacial score (nSPS) is 16.5. The summed E-state index contributed by atoms with van der Waals surface area (Å²) in [7, 11) is 0. The fraction of sp³-hybridized carbons (Fsp3) is 0.571. The molecule has 1 fully saturated rings. The van der Waals surface area contributed by atoms with Gasteiger partial charge in [-0.25, -0.2) is 4.98 Å². The highest BCUT2D eigenvalue weighted by Crippen LogP contribution is 2.27. The van der Waals surface area contributed by atoms with Crippen molar-refractivity contribution in [1.82, 2.24) is 14.9 Å². The maximum atomic E-state index is 13.0. The zero-order chi connectivity index (χ0) is 20.3. The Labute approximate surface area is 175 Å². The van der Waals surface area contributed by atoms with Crippen LogP contribution in [-0.4, -0.2) is 27.3 Å². The molecule has 1 aliphatic carbocycles. The van der Waals surface area contributed by atoms with Crippen molar-refractivity contribution in [3.05, 3.63) is 33.6 Å². The van der Waals surface area contributed by atoms with Gasteiger partial charge in [0, 0.05) is 17.6 Å². The van der Waals surface area contributed by atoms with Gasteiger partial charge in [0.15, 0.2) is 5.16 Å². The Morgan fingerprint density at radius 1 is 1.29 bits per heavy atom. The molecule has 0 saturated heterocycles. The number of carbonyl (C=O) groups is 1. The van der Waals surface area contributed by atoms with E-state index in [1.165, 1.54) is 43.9 Å². The van der Waals surface area contributed by atoms with Gasteiger partial charge in [0.25, 0.3) is 5.56 Å². The lowest BCUT2D eigenvalue weighted by Gasteiger charge is -2.23. The number of halogens is 1. The van der Waals surface area contributed by atoms with E-state index in [-0.39, 0.29) is 22.8 Å². The van der Waals surface area contributed by atoms with Crippen LogP contribution in [0.5, 0.6) is 0 Å². The highest BCUT2D eigenvalue weighted by Gasteiger charge is 2.22. The van der Waals surface area contributed by atoms with Gasteiger partial charge in [0.1, 0.15) is 0 Å². The largest absolute Gasteiger partial charge is 0.355 e. The molecule has 1 heterocycles. The molecule has 0 spiro atoms. The minimum Gasteiger partial charge on any atom is -0.355 e. The molecule has 1 N–H and O–H groups in total. The second-order valence-electron chi connectivity index (χ2n) is 7.83. The van der Waals surface area contributed by atoms with E-state index in [4.69, 9.17) is 11.6 Å². The molecule has 2 aromatic rings. The quantitative estimate of drug-likeness (QED) is 0.537. The molecule has 3 rings (SSSR count). The van der Waals surface area contributed by atoms with Crippen molar-refractivity contribution in [2.24, 2.45) is 5.92 Å². The Balaban J connectivity index is 1.78. The van der Waals surface area contributed by atoms with Crippen molar-refractivity contribution in [2.75, 3.05) is 6.54 Å². The molecular formula is C21H28ClN3O2S. The second-order valence-corrected chi connectivity index (χ2v) is 9.58. The van der Waals surface area contributed by atoms with Crippen molar-refractivity contribution in [3.8, 4) is 0 Å². The van der Waals surface area contributed by atoms with E-state index in [1.807, 2.05) is 20.8 Å². The molecule has 1 unspecified atom stereocenters. The molecule has 152 valence electrons. The molecule has 1 aliphatic rings. The number of nitrogens with one attached hydrogen (secondary N) is 1. The third kappa shape index (κ3) is 4.90. The summed E-state index contributed by atoms with van der Waals surface area (Å²) in [6, 6.07) is 5.05. The van der Waals surface area contributed by atoms with E-state index in [0.29, 0.717) is 27.0 Å². The van der Waals surface area contributed by atoms with Gasteiger partial charge in [0.2, 0.25) is 5.91 Å². The number of benzene rings is 1. The van der Waals surface area contributed by atoms with Gasteiger partial charge < -0.3 is 5.32 Å². The fourth-order valence-electron chi connectivity index (χ4n) is 3.68. The third-order valence-electron chi connectivity index (χ3n) is 5.29. The molecular weight excluding hydrogens is 394 g/mol. The molecule has 1 amide bonds. The van der Waals surface area contributed by atoms with Crippen LogP contribution < -0.4 is 10.9 Å². The lowest BCUT2D eigenvalue weighted by molar-refractivity contribution is -0.120. The van der Waals surface area contributed by atoms with Crippen LogP contribution in [0.1, 0.15) is 58.9 Å². The fourth-order valence-corrected chi connectivity index (χ4v) is 4.91. The Hall–Kier alpha value is -1.53. The molecule has 0 bridgehead atoms. The molecule has 1 atom stereocenters. The van der Waals surface area contributed by atoms with Crippen molar-refractivity contribution in [2.45, 2.75) is 69.3 Å². The summed E-state index contributed by atoms with van der Waals surface area (Å²) in [6.07, 6.45) is 6.22. The summed E-state index contributed by atoms with van der Waals surface area (Å²) < 4.78 is 1.66. The second kappa shape index (κ2) is 9.31. The molecule has 1 aromatic carbocycles. The number of rotatable bonds is 6. The maximum Gasteiger partial charge on any atom is 0.262 e. The highest BCUT2D eigenvalue weighted by molar-refractivity contribution is 8.00. The van der Waals surface area contributed by atoms with Crippen LogP contribution in [0.3, 0.4) is 0 Å². The highest BCUT2D eigenvalue weighted by atomic mass is 35.5. The molecule has 0 aliphatic heterocycles. The van der Waals surface area contributed by atoms with Crippen LogP contribution >= 0.6 is 23.4 Å². The number of carbonyl (C=O) groups excluding carboxylic acids is 1. The summed E-state index contributed by atoms with van der Waals surface area (Å²) in [4.78, 5) is 30.2. The first-order valence-corrected chi connectivity index (χ1v) is 11.3. The zero-order valence-corrected chi connectivity index (χ0v) is 18.3. The topological polar surface area (TPSA) is 64.0 Å². The molecule has 1 saturated carbocycles. The minimum absolute atomic E-state index is 0.00804. The van der Waals surface area contributed by atoms with Crippen LogP contribution in [0.25, 0.3) is 10.9 Å². The first-order chi connectivity index (χ1) is 13.4. The number of fused-ring (bicyclic) bond motifs is 1. The smallest absolute Gasteiger partial charge is 0.262 e. The summed E-state index contributed by atoms with van der Waals surface area (Å²) in [5.41, 5.74) is 0.459. The first kappa shape index (κ1) is 21.2. The molecule has 7 heteroatoms. The van der Waals surface area contributed by atoms with Crippen LogP contribution in [-0.2, 0) is 4.79 Å². The zero-order valence-electron chi connectivity index (χ0n) is 16.7.